The molecular formula is C20H18N2O3S2. The summed E-state index contributed by atoms with van der Waals surface area (Å²) in [6.45, 7) is 3.75. The topological polar surface area (TPSA) is 68.3 Å². The second kappa shape index (κ2) is 8.75. The van der Waals surface area contributed by atoms with Crippen molar-refractivity contribution in [1.29, 1.82) is 0 Å². The molecule has 0 spiro atoms. The van der Waals surface area contributed by atoms with E-state index in [4.69, 9.17) is 4.74 Å². The fourth-order valence-corrected chi connectivity index (χ4v) is 3.59. The van der Waals surface area contributed by atoms with Gasteiger partial charge in [0, 0.05) is 21.9 Å². The lowest BCUT2D eigenvalue weighted by Gasteiger charge is -2.03. The predicted octanol–water partition coefficient (Wildman–Crippen LogP) is 4.68. The van der Waals surface area contributed by atoms with Crippen LogP contribution in [0.4, 0.5) is 5.13 Å². The van der Waals surface area contributed by atoms with Crippen LogP contribution >= 0.6 is 22.7 Å². The number of nitrogens with zero attached hydrogens (tertiary/aromatic N) is 1. The molecule has 27 heavy (non-hydrogen) atoms. The van der Waals surface area contributed by atoms with Gasteiger partial charge < -0.3 is 4.74 Å². The van der Waals surface area contributed by atoms with Gasteiger partial charge >= 0.3 is 5.97 Å². The van der Waals surface area contributed by atoms with Crippen LogP contribution in [-0.4, -0.2) is 23.5 Å². The molecule has 7 heteroatoms. The Morgan fingerprint density at radius 3 is 2.78 bits per heavy atom. The first-order valence-corrected chi connectivity index (χ1v) is 9.98. The van der Waals surface area contributed by atoms with Gasteiger partial charge in [0.1, 0.15) is 0 Å². The van der Waals surface area contributed by atoms with Crippen LogP contribution in [0.5, 0.6) is 0 Å². The maximum Gasteiger partial charge on any atom is 0.331 e. The summed E-state index contributed by atoms with van der Waals surface area (Å²) in [5.41, 5.74) is 4.21. The monoisotopic (exact) mass is 398 g/mol. The van der Waals surface area contributed by atoms with E-state index >= 15 is 0 Å². The second-order valence-electron chi connectivity index (χ2n) is 5.84. The van der Waals surface area contributed by atoms with Crippen LogP contribution in [0.1, 0.15) is 16.0 Å². The van der Waals surface area contributed by atoms with E-state index in [1.807, 2.05) is 35.0 Å². The molecule has 2 heterocycles. The van der Waals surface area contributed by atoms with Gasteiger partial charge in [0.2, 0.25) is 0 Å². The van der Waals surface area contributed by atoms with Gasteiger partial charge in [-0.25, -0.2) is 9.78 Å². The first kappa shape index (κ1) is 19.0. The quantitative estimate of drug-likeness (QED) is 0.483. The van der Waals surface area contributed by atoms with Crippen LogP contribution in [0.15, 0.2) is 47.2 Å². The molecule has 1 N–H and O–H groups in total. The highest BCUT2D eigenvalue weighted by atomic mass is 32.1. The molecule has 0 saturated heterocycles. The minimum absolute atomic E-state index is 0.355. The lowest BCUT2D eigenvalue weighted by Crippen LogP contribution is -2.20. The van der Waals surface area contributed by atoms with E-state index in [1.165, 1.54) is 39.9 Å². The number of nitrogens with one attached hydrogen (secondary N) is 1. The number of carbonyl (C=O) groups excluding carboxylic acids is 2. The number of aryl methyl sites for hydroxylation is 2. The SMILES string of the molecule is Cc1ccc(-c2csc(NC(=O)COC(=O)C=Cc3cccs3)n2)cc1C. The second-order valence-corrected chi connectivity index (χ2v) is 7.68. The van der Waals surface area contributed by atoms with Gasteiger partial charge in [0.05, 0.1) is 5.69 Å². The zero-order chi connectivity index (χ0) is 19.2. The molecule has 0 aliphatic carbocycles. The third kappa shape index (κ3) is 5.35. The summed E-state index contributed by atoms with van der Waals surface area (Å²) in [6, 6.07) is 9.90. The third-order valence-corrected chi connectivity index (χ3v) is 5.42. The molecule has 3 rings (SSSR count). The molecule has 1 amide bonds. The molecule has 3 aromatic rings. The normalized spacial score (nSPS) is 10.9. The average Bonchev–Trinajstić information content (AvgIpc) is 3.32. The summed E-state index contributed by atoms with van der Waals surface area (Å²) in [4.78, 5) is 29.0. The number of hydrogen-bond donors (Lipinski definition) is 1. The fraction of sp³-hybridized carbons (Fsp3) is 0.150. The van der Waals surface area contributed by atoms with Crippen LogP contribution in [0.3, 0.4) is 0 Å². The highest BCUT2D eigenvalue weighted by Gasteiger charge is 2.10. The Balaban J connectivity index is 1.51. The molecule has 138 valence electrons. The van der Waals surface area contributed by atoms with E-state index in [1.54, 1.807) is 6.08 Å². The fourth-order valence-electron chi connectivity index (χ4n) is 2.24. The van der Waals surface area contributed by atoms with E-state index in [9.17, 15) is 9.59 Å². The van der Waals surface area contributed by atoms with Crippen molar-refractivity contribution in [2.75, 3.05) is 11.9 Å². The highest BCUT2D eigenvalue weighted by molar-refractivity contribution is 7.14. The summed E-state index contributed by atoms with van der Waals surface area (Å²) < 4.78 is 4.94. The van der Waals surface area contributed by atoms with Crippen molar-refractivity contribution in [3.63, 3.8) is 0 Å². The number of amides is 1. The Kier molecular flexibility index (Phi) is 6.16. The van der Waals surface area contributed by atoms with Gasteiger partial charge in [-0.3, -0.25) is 10.1 Å². The van der Waals surface area contributed by atoms with Crippen LogP contribution < -0.4 is 5.32 Å². The molecule has 2 aromatic heterocycles. The minimum atomic E-state index is -0.562. The molecule has 5 nitrogen and oxygen atoms in total. The van der Waals surface area contributed by atoms with E-state index in [-0.39, 0.29) is 6.61 Å². The lowest BCUT2D eigenvalue weighted by atomic mass is 10.1. The third-order valence-electron chi connectivity index (χ3n) is 3.83. The number of hydrogen-bond acceptors (Lipinski definition) is 6. The summed E-state index contributed by atoms with van der Waals surface area (Å²) in [5.74, 6) is -0.984. The number of rotatable bonds is 6. The summed E-state index contributed by atoms with van der Waals surface area (Å²) in [6.07, 6.45) is 2.96. The van der Waals surface area contributed by atoms with Gasteiger partial charge in [-0.05, 0) is 48.6 Å². The van der Waals surface area contributed by atoms with Crippen molar-refractivity contribution in [3.8, 4) is 11.3 Å². The van der Waals surface area contributed by atoms with Gasteiger partial charge in [-0.15, -0.1) is 22.7 Å². The molecule has 0 unspecified atom stereocenters. The van der Waals surface area contributed by atoms with E-state index in [2.05, 4.69) is 30.2 Å². The Bertz CT molecular complexity index is 975. The zero-order valence-electron chi connectivity index (χ0n) is 14.9. The zero-order valence-corrected chi connectivity index (χ0v) is 16.5. The number of benzene rings is 1. The van der Waals surface area contributed by atoms with E-state index in [0.717, 1.165) is 16.1 Å². The Hall–Kier alpha value is -2.77. The van der Waals surface area contributed by atoms with Gasteiger partial charge in [0.25, 0.3) is 5.91 Å². The molecule has 1 aromatic carbocycles. The molecule has 0 fully saturated rings. The lowest BCUT2D eigenvalue weighted by molar-refractivity contribution is -0.142. The molecule has 0 saturated carbocycles. The first-order valence-electron chi connectivity index (χ1n) is 8.22. The molecule has 0 bridgehead atoms. The maximum atomic E-state index is 12.0. The van der Waals surface area contributed by atoms with Crippen molar-refractivity contribution < 1.29 is 14.3 Å². The van der Waals surface area contributed by atoms with Crippen LogP contribution in [0.2, 0.25) is 0 Å². The summed E-state index contributed by atoms with van der Waals surface area (Å²) >= 11 is 2.84. The molecule has 0 aliphatic heterocycles. The van der Waals surface area contributed by atoms with Gasteiger partial charge in [-0.1, -0.05) is 18.2 Å². The molecule has 0 radical (unpaired) electrons. The van der Waals surface area contributed by atoms with Crippen molar-refractivity contribution in [1.82, 2.24) is 4.98 Å². The van der Waals surface area contributed by atoms with E-state index < -0.39 is 11.9 Å². The van der Waals surface area contributed by atoms with Crippen molar-refractivity contribution in [2.45, 2.75) is 13.8 Å². The number of thiazole rings is 1. The van der Waals surface area contributed by atoms with Crippen molar-refractivity contribution in [3.05, 3.63) is 63.2 Å². The number of aromatic nitrogens is 1. The standard InChI is InChI=1S/C20H18N2O3S2/c1-13-5-6-15(10-14(13)2)17-12-27-20(21-17)22-18(23)11-25-19(24)8-7-16-4-3-9-26-16/h3-10,12H,11H2,1-2H3,(H,21,22,23). The van der Waals surface area contributed by atoms with Crippen LogP contribution in [0.25, 0.3) is 17.3 Å². The number of thiophene rings is 1. The molecule has 0 aliphatic rings. The predicted molar refractivity (Wildman–Crippen MR) is 110 cm³/mol. The van der Waals surface area contributed by atoms with Crippen LogP contribution in [-0.2, 0) is 14.3 Å². The smallest absolute Gasteiger partial charge is 0.331 e. The largest absolute Gasteiger partial charge is 0.452 e. The van der Waals surface area contributed by atoms with Crippen LogP contribution in [0, 0.1) is 13.8 Å². The van der Waals surface area contributed by atoms with E-state index in [0.29, 0.717) is 5.13 Å². The van der Waals surface area contributed by atoms with Gasteiger partial charge in [-0.2, -0.15) is 0 Å². The summed E-state index contributed by atoms with van der Waals surface area (Å²) in [7, 11) is 0. The Morgan fingerprint density at radius 2 is 2.04 bits per heavy atom. The van der Waals surface area contributed by atoms with Crippen molar-refractivity contribution >= 4 is 45.8 Å². The Labute approximate surface area is 165 Å². The highest BCUT2D eigenvalue weighted by Crippen LogP contribution is 2.26. The number of ether oxygens (including phenoxy) is 1. The Morgan fingerprint density at radius 1 is 1.19 bits per heavy atom. The summed E-state index contributed by atoms with van der Waals surface area (Å²) in [5, 5.41) is 6.92. The van der Waals surface area contributed by atoms with Crippen molar-refractivity contribution in [2.24, 2.45) is 0 Å². The number of anilines is 1. The average molecular weight is 399 g/mol. The molecular weight excluding hydrogens is 380 g/mol. The number of carbonyl (C=O) groups is 2. The molecule has 0 atom stereocenters. The van der Waals surface area contributed by atoms with Gasteiger partial charge in [0.15, 0.2) is 11.7 Å². The maximum absolute atomic E-state index is 12.0. The number of esters is 1. The first-order chi connectivity index (χ1) is 13.0. The minimum Gasteiger partial charge on any atom is -0.452 e.